The minimum atomic E-state index is -0.537. The number of rotatable bonds is 6. The number of esters is 1. The van der Waals surface area contributed by atoms with Gasteiger partial charge in [0, 0.05) is 6.04 Å². The van der Waals surface area contributed by atoms with Gasteiger partial charge in [-0.1, -0.05) is 20.3 Å². The molecule has 0 fully saturated rings. The lowest BCUT2D eigenvalue weighted by molar-refractivity contribution is -0.156. The van der Waals surface area contributed by atoms with Gasteiger partial charge in [0.25, 0.3) is 0 Å². The predicted octanol–water partition coefficient (Wildman–Crippen LogP) is 2.41. The molecule has 0 radical (unpaired) electrons. The van der Waals surface area contributed by atoms with Gasteiger partial charge in [0.1, 0.15) is 12.0 Å². The maximum absolute atomic E-state index is 11.6. The van der Waals surface area contributed by atoms with Gasteiger partial charge in [-0.15, -0.1) is 0 Å². The van der Waals surface area contributed by atoms with E-state index in [9.17, 15) is 9.59 Å². The van der Waals surface area contributed by atoms with E-state index in [0.29, 0.717) is 0 Å². The van der Waals surface area contributed by atoms with Crippen molar-refractivity contribution in [3.05, 3.63) is 0 Å². The van der Waals surface area contributed by atoms with Crippen molar-refractivity contribution in [1.29, 1.82) is 0 Å². The van der Waals surface area contributed by atoms with Crippen LogP contribution in [0.15, 0.2) is 0 Å². The van der Waals surface area contributed by atoms with Gasteiger partial charge < -0.3 is 10.1 Å². The first-order valence-electron chi connectivity index (χ1n) is 6.29. The fraction of sp³-hybridized carbons (Fsp3) is 0.846. The Kier molecular flexibility index (Phi) is 6.85. The molecule has 100 valence electrons. The minimum absolute atomic E-state index is 0.162. The van der Waals surface area contributed by atoms with Crippen LogP contribution in [0.2, 0.25) is 0 Å². The van der Waals surface area contributed by atoms with Crippen molar-refractivity contribution in [2.75, 3.05) is 0 Å². The summed E-state index contributed by atoms with van der Waals surface area (Å²) in [5.41, 5.74) is -0.537. The Morgan fingerprint density at radius 3 is 2.24 bits per heavy atom. The third-order valence-electron chi connectivity index (χ3n) is 2.22. The lowest BCUT2D eigenvalue weighted by atomic mass is 10.1. The van der Waals surface area contributed by atoms with E-state index in [2.05, 4.69) is 12.2 Å². The van der Waals surface area contributed by atoms with E-state index in [4.69, 9.17) is 4.74 Å². The molecule has 1 amide bonds. The Hall–Kier alpha value is -1.06. The molecule has 1 unspecified atom stereocenters. The largest absolute Gasteiger partial charge is 0.460 e. The summed E-state index contributed by atoms with van der Waals surface area (Å²) in [7, 11) is 0. The van der Waals surface area contributed by atoms with Crippen LogP contribution in [-0.4, -0.2) is 23.5 Å². The summed E-state index contributed by atoms with van der Waals surface area (Å²) in [6.45, 7) is 9.45. The highest BCUT2D eigenvalue weighted by Crippen LogP contribution is 2.08. The number of hydrogen-bond donors (Lipinski definition) is 1. The molecule has 4 heteroatoms. The van der Waals surface area contributed by atoms with Gasteiger partial charge in [0.2, 0.25) is 5.91 Å². The number of amides is 1. The quantitative estimate of drug-likeness (QED) is 0.575. The summed E-state index contributed by atoms with van der Waals surface area (Å²) in [6, 6.07) is 0.162. The van der Waals surface area contributed by atoms with Crippen LogP contribution in [0.1, 0.15) is 60.3 Å². The Labute approximate surface area is 104 Å². The molecular formula is C13H25NO3. The van der Waals surface area contributed by atoms with Crippen LogP contribution < -0.4 is 5.32 Å². The zero-order valence-electron chi connectivity index (χ0n) is 11.6. The summed E-state index contributed by atoms with van der Waals surface area (Å²) >= 11 is 0. The third kappa shape index (κ3) is 8.72. The second kappa shape index (κ2) is 7.30. The standard InChI is InChI=1S/C13H25NO3/c1-6-8-10(7-2)14-11(15)9-12(16)17-13(3,4)5/h10H,6-9H2,1-5H3,(H,14,15). The molecule has 0 rings (SSSR count). The van der Waals surface area contributed by atoms with Crippen LogP contribution in [-0.2, 0) is 14.3 Å². The molecule has 1 N–H and O–H groups in total. The number of ether oxygens (including phenoxy) is 1. The van der Waals surface area contributed by atoms with Gasteiger partial charge in [-0.05, 0) is 33.6 Å². The molecule has 0 bridgehead atoms. The molecule has 4 nitrogen and oxygen atoms in total. The maximum Gasteiger partial charge on any atom is 0.315 e. The van der Waals surface area contributed by atoms with E-state index in [-0.39, 0.29) is 18.4 Å². The number of hydrogen-bond acceptors (Lipinski definition) is 3. The number of carbonyl (C=O) groups excluding carboxylic acids is 2. The molecular weight excluding hydrogens is 218 g/mol. The fourth-order valence-electron chi connectivity index (χ4n) is 1.51. The second-order valence-electron chi connectivity index (χ2n) is 5.22. The monoisotopic (exact) mass is 243 g/mol. The highest BCUT2D eigenvalue weighted by Gasteiger charge is 2.19. The van der Waals surface area contributed by atoms with Crippen LogP contribution in [0, 0.1) is 0 Å². The highest BCUT2D eigenvalue weighted by atomic mass is 16.6. The molecule has 0 aliphatic rings. The van der Waals surface area contributed by atoms with Crippen molar-refractivity contribution in [1.82, 2.24) is 5.32 Å². The molecule has 0 aliphatic heterocycles. The van der Waals surface area contributed by atoms with Crippen molar-refractivity contribution < 1.29 is 14.3 Å². The fourth-order valence-corrected chi connectivity index (χ4v) is 1.51. The minimum Gasteiger partial charge on any atom is -0.460 e. The van der Waals surface area contributed by atoms with Crippen LogP contribution >= 0.6 is 0 Å². The maximum atomic E-state index is 11.6. The van der Waals surface area contributed by atoms with Crippen molar-refractivity contribution in [3.63, 3.8) is 0 Å². The van der Waals surface area contributed by atoms with Crippen molar-refractivity contribution >= 4 is 11.9 Å². The van der Waals surface area contributed by atoms with Crippen LogP contribution in [0.25, 0.3) is 0 Å². The smallest absolute Gasteiger partial charge is 0.315 e. The lowest BCUT2D eigenvalue weighted by Gasteiger charge is -2.20. The number of nitrogens with one attached hydrogen (secondary N) is 1. The van der Waals surface area contributed by atoms with Gasteiger partial charge in [-0.3, -0.25) is 9.59 Å². The molecule has 0 spiro atoms. The molecule has 0 saturated heterocycles. The van der Waals surface area contributed by atoms with Crippen molar-refractivity contribution in [2.24, 2.45) is 0 Å². The van der Waals surface area contributed by atoms with Crippen LogP contribution in [0.3, 0.4) is 0 Å². The first-order valence-corrected chi connectivity index (χ1v) is 6.29. The first kappa shape index (κ1) is 15.9. The summed E-state index contributed by atoms with van der Waals surface area (Å²) in [5.74, 6) is -0.721. The summed E-state index contributed by atoms with van der Waals surface area (Å²) in [5, 5.41) is 2.84. The Bertz CT molecular complexity index is 256. The average molecular weight is 243 g/mol. The first-order chi connectivity index (χ1) is 7.78. The van der Waals surface area contributed by atoms with Gasteiger partial charge in [0.05, 0.1) is 0 Å². The van der Waals surface area contributed by atoms with E-state index in [1.54, 1.807) is 20.8 Å². The molecule has 0 aliphatic carbocycles. The molecule has 1 atom stereocenters. The highest BCUT2D eigenvalue weighted by molar-refractivity contribution is 5.94. The third-order valence-corrected chi connectivity index (χ3v) is 2.22. The summed E-state index contributed by atoms with van der Waals surface area (Å²) in [6.07, 6.45) is 2.65. The SMILES string of the molecule is CCCC(CC)NC(=O)CC(=O)OC(C)(C)C. The molecule has 0 aromatic rings. The van der Waals surface area contributed by atoms with Gasteiger partial charge >= 0.3 is 5.97 Å². The Morgan fingerprint density at radius 2 is 1.82 bits per heavy atom. The lowest BCUT2D eigenvalue weighted by Crippen LogP contribution is -2.36. The topological polar surface area (TPSA) is 55.4 Å². The van der Waals surface area contributed by atoms with Gasteiger partial charge in [-0.2, -0.15) is 0 Å². The van der Waals surface area contributed by atoms with Crippen LogP contribution in [0.5, 0.6) is 0 Å². The van der Waals surface area contributed by atoms with E-state index in [1.807, 2.05) is 6.92 Å². The zero-order chi connectivity index (χ0) is 13.5. The predicted molar refractivity (Wildman–Crippen MR) is 67.6 cm³/mol. The molecule has 17 heavy (non-hydrogen) atoms. The van der Waals surface area contributed by atoms with Crippen molar-refractivity contribution in [2.45, 2.75) is 71.9 Å². The van der Waals surface area contributed by atoms with E-state index >= 15 is 0 Å². The number of carbonyl (C=O) groups is 2. The van der Waals surface area contributed by atoms with E-state index in [0.717, 1.165) is 19.3 Å². The normalized spacial score (nSPS) is 13.0. The molecule has 0 heterocycles. The molecule has 0 aromatic carbocycles. The van der Waals surface area contributed by atoms with E-state index in [1.165, 1.54) is 0 Å². The average Bonchev–Trinajstić information content (AvgIpc) is 2.13. The Morgan fingerprint density at radius 1 is 1.24 bits per heavy atom. The Balaban J connectivity index is 4.04. The zero-order valence-corrected chi connectivity index (χ0v) is 11.6. The molecule has 0 saturated carbocycles. The summed E-state index contributed by atoms with van der Waals surface area (Å²) < 4.78 is 5.08. The van der Waals surface area contributed by atoms with E-state index < -0.39 is 11.6 Å². The van der Waals surface area contributed by atoms with Gasteiger partial charge in [0.15, 0.2) is 0 Å². The van der Waals surface area contributed by atoms with Crippen molar-refractivity contribution in [3.8, 4) is 0 Å². The molecule has 0 aromatic heterocycles. The second-order valence-corrected chi connectivity index (χ2v) is 5.22. The summed E-state index contributed by atoms with van der Waals surface area (Å²) in [4.78, 5) is 23.0. The van der Waals surface area contributed by atoms with Crippen LogP contribution in [0.4, 0.5) is 0 Å². The van der Waals surface area contributed by atoms with Gasteiger partial charge in [-0.25, -0.2) is 0 Å².